The fraction of sp³-hybridized carbons (Fsp3) is 0.889. The normalized spacial score (nSPS) is 32.2. The lowest BCUT2D eigenvalue weighted by atomic mass is 10.1. The minimum Gasteiger partial charge on any atom is -0.323 e. The molecule has 0 bridgehead atoms. The molecule has 1 amide bonds. The molecule has 1 N–H and O–H groups in total. The Labute approximate surface area is 89.7 Å². The van der Waals surface area contributed by atoms with Crippen molar-refractivity contribution in [1.29, 1.82) is 0 Å². The smallest absolute Gasteiger partial charge is 0.238 e. The summed E-state index contributed by atoms with van der Waals surface area (Å²) in [4.78, 5) is 13.4. The molecule has 0 saturated carbocycles. The SMILES string of the molecule is CC1NCC(=O)N1C1CCS(=O)(=O)CC1. The molecule has 2 saturated heterocycles. The molecular weight excluding hydrogens is 216 g/mol. The number of hydrogen-bond acceptors (Lipinski definition) is 4. The minimum atomic E-state index is -2.84. The summed E-state index contributed by atoms with van der Waals surface area (Å²) in [5, 5.41) is 3.06. The van der Waals surface area contributed by atoms with Crippen LogP contribution in [0.2, 0.25) is 0 Å². The number of nitrogens with one attached hydrogen (secondary N) is 1. The quantitative estimate of drug-likeness (QED) is 0.652. The van der Waals surface area contributed by atoms with E-state index in [0.29, 0.717) is 19.4 Å². The Bertz CT molecular complexity index is 352. The van der Waals surface area contributed by atoms with Gasteiger partial charge < -0.3 is 4.90 Å². The van der Waals surface area contributed by atoms with E-state index in [1.165, 1.54) is 0 Å². The average molecular weight is 232 g/mol. The van der Waals surface area contributed by atoms with E-state index >= 15 is 0 Å². The number of nitrogens with zero attached hydrogens (tertiary/aromatic N) is 1. The molecule has 2 heterocycles. The van der Waals surface area contributed by atoms with E-state index in [-0.39, 0.29) is 29.6 Å². The van der Waals surface area contributed by atoms with Gasteiger partial charge in [-0.05, 0) is 19.8 Å². The van der Waals surface area contributed by atoms with Gasteiger partial charge >= 0.3 is 0 Å². The lowest BCUT2D eigenvalue weighted by Gasteiger charge is -2.33. The maximum absolute atomic E-state index is 11.6. The lowest BCUT2D eigenvalue weighted by molar-refractivity contribution is -0.130. The van der Waals surface area contributed by atoms with Gasteiger partial charge in [0.2, 0.25) is 5.91 Å². The highest BCUT2D eigenvalue weighted by Gasteiger charge is 2.36. The van der Waals surface area contributed by atoms with Crippen LogP contribution in [0.4, 0.5) is 0 Å². The third-order valence-corrected chi connectivity index (χ3v) is 4.89. The van der Waals surface area contributed by atoms with Crippen LogP contribution >= 0.6 is 0 Å². The van der Waals surface area contributed by atoms with Crippen molar-refractivity contribution in [3.8, 4) is 0 Å². The van der Waals surface area contributed by atoms with Gasteiger partial charge in [-0.3, -0.25) is 10.1 Å². The number of hydrogen-bond donors (Lipinski definition) is 1. The Kier molecular flexibility index (Phi) is 2.72. The molecule has 0 aliphatic carbocycles. The highest BCUT2D eigenvalue weighted by Crippen LogP contribution is 2.21. The van der Waals surface area contributed by atoms with E-state index in [9.17, 15) is 13.2 Å². The minimum absolute atomic E-state index is 0.0447. The molecule has 86 valence electrons. The molecule has 0 aromatic rings. The van der Waals surface area contributed by atoms with Crippen LogP contribution in [0.1, 0.15) is 19.8 Å². The first kappa shape index (κ1) is 10.9. The largest absolute Gasteiger partial charge is 0.323 e. The maximum atomic E-state index is 11.6. The zero-order chi connectivity index (χ0) is 11.1. The molecule has 5 nitrogen and oxygen atoms in total. The van der Waals surface area contributed by atoms with Crippen molar-refractivity contribution in [3.63, 3.8) is 0 Å². The van der Waals surface area contributed by atoms with Crippen LogP contribution in [0.5, 0.6) is 0 Å². The molecule has 2 aliphatic rings. The fourth-order valence-electron chi connectivity index (χ4n) is 2.32. The van der Waals surface area contributed by atoms with Crippen molar-refractivity contribution in [2.75, 3.05) is 18.1 Å². The summed E-state index contributed by atoms with van der Waals surface area (Å²) in [6, 6.07) is 0.103. The average Bonchev–Trinajstić information content (AvgIpc) is 2.48. The summed E-state index contributed by atoms with van der Waals surface area (Å²) in [6.45, 7) is 2.32. The van der Waals surface area contributed by atoms with Crippen LogP contribution < -0.4 is 5.32 Å². The van der Waals surface area contributed by atoms with Crippen LogP contribution in [-0.4, -0.2) is 49.5 Å². The molecule has 2 fully saturated rings. The third kappa shape index (κ3) is 2.15. The highest BCUT2D eigenvalue weighted by molar-refractivity contribution is 7.91. The first-order chi connectivity index (χ1) is 6.99. The summed E-state index contributed by atoms with van der Waals surface area (Å²) in [5.41, 5.74) is 0. The molecule has 6 heteroatoms. The van der Waals surface area contributed by atoms with E-state index in [4.69, 9.17) is 0 Å². The van der Waals surface area contributed by atoms with Gasteiger partial charge in [0.15, 0.2) is 0 Å². The number of sulfone groups is 1. The van der Waals surface area contributed by atoms with E-state index < -0.39 is 9.84 Å². The monoisotopic (exact) mass is 232 g/mol. The van der Waals surface area contributed by atoms with Crippen molar-refractivity contribution >= 4 is 15.7 Å². The Morgan fingerprint density at radius 3 is 2.40 bits per heavy atom. The number of carbonyl (C=O) groups excluding carboxylic acids is 1. The van der Waals surface area contributed by atoms with E-state index in [1.54, 1.807) is 4.90 Å². The molecule has 2 aliphatic heterocycles. The standard InChI is InChI=1S/C9H16N2O3S/c1-7-10-6-9(12)11(7)8-2-4-15(13,14)5-3-8/h7-8,10H,2-6H2,1H3. The van der Waals surface area contributed by atoms with Gasteiger partial charge in [-0.25, -0.2) is 8.42 Å². The van der Waals surface area contributed by atoms with Gasteiger partial charge in [0.05, 0.1) is 24.2 Å². The Balaban J connectivity index is 2.04. The first-order valence-electron chi connectivity index (χ1n) is 5.24. The predicted octanol–water partition coefficient (Wildman–Crippen LogP) is -0.659. The topological polar surface area (TPSA) is 66.5 Å². The summed E-state index contributed by atoms with van der Waals surface area (Å²) in [5.74, 6) is 0.522. The maximum Gasteiger partial charge on any atom is 0.238 e. The molecule has 0 aromatic heterocycles. The second-order valence-corrected chi connectivity index (χ2v) is 6.54. The lowest BCUT2D eigenvalue weighted by Crippen LogP contribution is -2.46. The summed E-state index contributed by atoms with van der Waals surface area (Å²) in [6.07, 6.45) is 1.21. The zero-order valence-electron chi connectivity index (χ0n) is 8.77. The molecule has 0 aromatic carbocycles. The fourth-order valence-corrected chi connectivity index (χ4v) is 3.78. The van der Waals surface area contributed by atoms with Crippen molar-refractivity contribution < 1.29 is 13.2 Å². The van der Waals surface area contributed by atoms with Gasteiger partial charge in [0.1, 0.15) is 9.84 Å². The van der Waals surface area contributed by atoms with Crippen LogP contribution in [0.15, 0.2) is 0 Å². The molecule has 1 unspecified atom stereocenters. The van der Waals surface area contributed by atoms with Crippen LogP contribution in [0.25, 0.3) is 0 Å². The van der Waals surface area contributed by atoms with Crippen molar-refractivity contribution in [2.45, 2.75) is 32.0 Å². The molecule has 15 heavy (non-hydrogen) atoms. The number of carbonyl (C=O) groups is 1. The molecule has 2 rings (SSSR count). The Morgan fingerprint density at radius 1 is 1.33 bits per heavy atom. The Hall–Kier alpha value is -0.620. The second kappa shape index (κ2) is 3.75. The van der Waals surface area contributed by atoms with Crippen molar-refractivity contribution in [2.24, 2.45) is 0 Å². The summed E-state index contributed by atoms with van der Waals surface area (Å²) in [7, 11) is -2.84. The van der Waals surface area contributed by atoms with Crippen molar-refractivity contribution in [3.05, 3.63) is 0 Å². The third-order valence-electron chi connectivity index (χ3n) is 3.17. The summed E-state index contributed by atoms with van der Waals surface area (Å²) >= 11 is 0. The van der Waals surface area contributed by atoms with E-state index in [2.05, 4.69) is 5.32 Å². The van der Waals surface area contributed by atoms with Gasteiger partial charge in [-0.15, -0.1) is 0 Å². The van der Waals surface area contributed by atoms with Gasteiger partial charge in [-0.2, -0.15) is 0 Å². The Morgan fingerprint density at radius 2 is 1.93 bits per heavy atom. The van der Waals surface area contributed by atoms with Gasteiger partial charge in [0, 0.05) is 6.04 Å². The van der Waals surface area contributed by atoms with Crippen LogP contribution in [0.3, 0.4) is 0 Å². The van der Waals surface area contributed by atoms with Crippen molar-refractivity contribution in [1.82, 2.24) is 10.2 Å². The number of rotatable bonds is 1. The summed E-state index contributed by atoms with van der Waals surface area (Å²) < 4.78 is 22.5. The second-order valence-electron chi connectivity index (χ2n) is 4.24. The predicted molar refractivity (Wildman–Crippen MR) is 56.0 cm³/mol. The van der Waals surface area contributed by atoms with E-state index in [0.717, 1.165) is 0 Å². The van der Waals surface area contributed by atoms with Gasteiger partial charge in [0.25, 0.3) is 0 Å². The molecule has 0 spiro atoms. The van der Waals surface area contributed by atoms with Gasteiger partial charge in [-0.1, -0.05) is 0 Å². The first-order valence-corrected chi connectivity index (χ1v) is 7.07. The molecular formula is C9H16N2O3S. The number of amides is 1. The van der Waals surface area contributed by atoms with Crippen LogP contribution in [-0.2, 0) is 14.6 Å². The van der Waals surface area contributed by atoms with E-state index in [1.807, 2.05) is 6.92 Å². The zero-order valence-corrected chi connectivity index (χ0v) is 9.59. The highest BCUT2D eigenvalue weighted by atomic mass is 32.2. The molecule has 0 radical (unpaired) electrons. The molecule has 1 atom stereocenters. The van der Waals surface area contributed by atoms with Crippen LogP contribution in [0, 0.1) is 0 Å².